The van der Waals surface area contributed by atoms with Crippen molar-refractivity contribution in [3.8, 4) is 0 Å². The average molecular weight is 224 g/mol. The van der Waals surface area contributed by atoms with Gasteiger partial charge in [-0.3, -0.25) is 4.79 Å². The van der Waals surface area contributed by atoms with Crippen LogP contribution in [-0.2, 0) is 14.3 Å². The number of allylic oxidation sites excluding steroid dienone is 2. The van der Waals surface area contributed by atoms with E-state index in [9.17, 15) is 9.59 Å². The van der Waals surface area contributed by atoms with Crippen molar-refractivity contribution >= 4 is 12.3 Å². The Morgan fingerprint density at radius 1 is 1.44 bits per heavy atom. The Morgan fingerprint density at radius 3 is 2.50 bits per heavy atom. The topological polar surface area (TPSA) is 43.4 Å². The Morgan fingerprint density at radius 2 is 2.06 bits per heavy atom. The number of carbonyl (C=O) groups excluding carboxylic acids is 2. The largest absolute Gasteiger partial charge is 0.455 e. The van der Waals surface area contributed by atoms with Gasteiger partial charge in [0, 0.05) is 0 Å². The first kappa shape index (κ1) is 14.6. The lowest BCUT2D eigenvalue weighted by atomic mass is 9.99. The van der Waals surface area contributed by atoms with Crippen LogP contribution in [0.5, 0.6) is 0 Å². The molecule has 0 aromatic heterocycles. The Bertz CT molecular complexity index is 288. The molecule has 0 aliphatic heterocycles. The minimum Gasteiger partial charge on any atom is -0.455 e. The molecule has 90 valence electrons. The third-order valence-electron chi connectivity index (χ3n) is 2.22. The fourth-order valence-corrected chi connectivity index (χ4v) is 1.21. The second-order valence-electron chi connectivity index (χ2n) is 4.18. The average Bonchev–Trinajstić information content (AvgIpc) is 2.17. The van der Waals surface area contributed by atoms with Gasteiger partial charge in [-0.1, -0.05) is 18.2 Å². The predicted molar refractivity (Wildman–Crippen MR) is 64.0 cm³/mol. The van der Waals surface area contributed by atoms with E-state index in [1.807, 2.05) is 13.8 Å². The van der Waals surface area contributed by atoms with Crippen LogP contribution in [0.25, 0.3) is 0 Å². The molecule has 0 heterocycles. The number of ether oxygens (including phenoxy) is 1. The fraction of sp³-hybridized carbons (Fsp3) is 0.538. The van der Waals surface area contributed by atoms with E-state index in [0.717, 1.165) is 6.42 Å². The van der Waals surface area contributed by atoms with Crippen LogP contribution in [-0.4, -0.2) is 17.9 Å². The normalized spacial score (nSPS) is 13.4. The lowest BCUT2D eigenvalue weighted by Gasteiger charge is -2.25. The maximum atomic E-state index is 11.2. The van der Waals surface area contributed by atoms with Crippen molar-refractivity contribution in [2.75, 3.05) is 0 Å². The molecule has 16 heavy (non-hydrogen) atoms. The Kier molecular flexibility index (Phi) is 6.38. The van der Waals surface area contributed by atoms with Gasteiger partial charge in [0.1, 0.15) is 18.3 Å². The van der Waals surface area contributed by atoms with Crippen molar-refractivity contribution in [1.82, 2.24) is 0 Å². The number of hydrogen-bond acceptors (Lipinski definition) is 3. The zero-order valence-electron chi connectivity index (χ0n) is 10.3. The lowest BCUT2D eigenvalue weighted by molar-refractivity contribution is -0.154. The number of esters is 1. The van der Waals surface area contributed by atoms with Crippen molar-refractivity contribution in [3.63, 3.8) is 0 Å². The van der Waals surface area contributed by atoms with E-state index < -0.39 is 11.6 Å². The molecule has 0 rings (SSSR count). The van der Waals surface area contributed by atoms with Gasteiger partial charge in [-0.05, 0) is 39.7 Å². The van der Waals surface area contributed by atoms with Gasteiger partial charge in [0.05, 0.1) is 0 Å². The van der Waals surface area contributed by atoms with E-state index in [2.05, 4.69) is 12.7 Å². The summed E-state index contributed by atoms with van der Waals surface area (Å²) in [6.07, 6.45) is 5.52. The third kappa shape index (κ3) is 6.17. The summed E-state index contributed by atoms with van der Waals surface area (Å²) >= 11 is 0. The molecule has 0 aliphatic rings. The van der Waals surface area contributed by atoms with Gasteiger partial charge in [-0.15, -0.1) is 0 Å². The molecule has 0 spiro atoms. The van der Waals surface area contributed by atoms with Crippen molar-refractivity contribution < 1.29 is 14.3 Å². The summed E-state index contributed by atoms with van der Waals surface area (Å²) in [5.41, 5.74) is 0.539. The Labute approximate surface area is 97.2 Å². The van der Waals surface area contributed by atoms with E-state index in [4.69, 9.17) is 4.74 Å². The lowest BCUT2D eigenvalue weighted by Crippen LogP contribution is -2.29. The van der Waals surface area contributed by atoms with E-state index in [1.54, 1.807) is 13.0 Å². The summed E-state index contributed by atoms with van der Waals surface area (Å²) in [5.74, 6) is -0.505. The minimum atomic E-state index is -0.688. The zero-order chi connectivity index (χ0) is 12.6. The molecule has 0 radical (unpaired) electrons. The number of carbonyl (C=O) groups is 2. The molecule has 1 atom stereocenters. The van der Waals surface area contributed by atoms with Crippen LogP contribution in [0.2, 0.25) is 0 Å². The molecule has 3 heteroatoms. The van der Waals surface area contributed by atoms with Crippen molar-refractivity contribution in [1.29, 1.82) is 0 Å². The van der Waals surface area contributed by atoms with Crippen LogP contribution in [0.3, 0.4) is 0 Å². The molecule has 3 nitrogen and oxygen atoms in total. The summed E-state index contributed by atoms with van der Waals surface area (Å²) in [4.78, 5) is 21.4. The highest BCUT2D eigenvalue weighted by Crippen LogP contribution is 2.20. The van der Waals surface area contributed by atoms with E-state index in [1.165, 1.54) is 5.57 Å². The highest BCUT2D eigenvalue weighted by Gasteiger charge is 2.23. The first-order valence-electron chi connectivity index (χ1n) is 5.36. The molecule has 0 N–H and O–H groups in total. The first-order valence-corrected chi connectivity index (χ1v) is 5.36. The maximum Gasteiger partial charge on any atom is 0.313 e. The van der Waals surface area contributed by atoms with E-state index in [0.29, 0.717) is 12.7 Å². The van der Waals surface area contributed by atoms with Crippen molar-refractivity contribution in [2.45, 2.75) is 45.6 Å². The van der Waals surface area contributed by atoms with Crippen molar-refractivity contribution in [2.24, 2.45) is 0 Å². The summed E-state index contributed by atoms with van der Waals surface area (Å²) in [6, 6.07) is 0. The molecule has 0 fully saturated rings. The van der Waals surface area contributed by atoms with E-state index >= 15 is 0 Å². The number of aldehydes is 1. The van der Waals surface area contributed by atoms with Gasteiger partial charge >= 0.3 is 5.97 Å². The molecule has 0 amide bonds. The molecule has 0 bridgehead atoms. The van der Waals surface area contributed by atoms with Gasteiger partial charge in [-0.25, -0.2) is 0 Å². The monoisotopic (exact) mass is 224 g/mol. The molecule has 0 aromatic carbocycles. The highest BCUT2D eigenvalue weighted by atomic mass is 16.6. The molecule has 0 aromatic rings. The molecular weight excluding hydrogens is 204 g/mol. The van der Waals surface area contributed by atoms with Crippen LogP contribution in [0.4, 0.5) is 0 Å². The maximum absolute atomic E-state index is 11.2. The van der Waals surface area contributed by atoms with Crippen LogP contribution in [0, 0.1) is 0 Å². The molecule has 0 aliphatic carbocycles. The molecule has 0 saturated carbocycles. The van der Waals surface area contributed by atoms with Gasteiger partial charge in [-0.2, -0.15) is 0 Å². The predicted octanol–water partition coefficient (Wildman–Crippen LogP) is 2.81. The van der Waals surface area contributed by atoms with Gasteiger partial charge in [0.15, 0.2) is 0 Å². The highest BCUT2D eigenvalue weighted by molar-refractivity contribution is 5.84. The Balaban J connectivity index is 4.30. The molecular formula is C13H20O3. The number of rotatable bonds is 7. The smallest absolute Gasteiger partial charge is 0.313 e. The third-order valence-corrected chi connectivity index (χ3v) is 2.22. The summed E-state index contributed by atoms with van der Waals surface area (Å²) in [7, 11) is 0. The SMILES string of the molecule is C=CC(C)(CCC=C(C)C)OC(=O)CC=O. The minimum absolute atomic E-state index is 0.202. The fourth-order valence-electron chi connectivity index (χ4n) is 1.21. The summed E-state index contributed by atoms with van der Waals surface area (Å²) in [5, 5.41) is 0. The van der Waals surface area contributed by atoms with Gasteiger partial charge in [0.2, 0.25) is 0 Å². The second-order valence-corrected chi connectivity index (χ2v) is 4.18. The van der Waals surface area contributed by atoms with Gasteiger partial charge in [0.25, 0.3) is 0 Å². The standard InChI is InChI=1S/C13H20O3/c1-5-13(4,9-6-7-11(2)3)16-12(15)8-10-14/h5,7,10H,1,6,8-9H2,2-4H3. The van der Waals surface area contributed by atoms with Crippen LogP contribution in [0.15, 0.2) is 24.3 Å². The summed E-state index contributed by atoms with van der Waals surface area (Å²) in [6.45, 7) is 9.49. The second kappa shape index (κ2) is 6.99. The van der Waals surface area contributed by atoms with Crippen molar-refractivity contribution in [3.05, 3.63) is 24.3 Å². The number of hydrogen-bond donors (Lipinski definition) is 0. The zero-order valence-corrected chi connectivity index (χ0v) is 10.3. The molecule has 0 saturated heterocycles. The summed E-state index contributed by atoms with van der Waals surface area (Å²) < 4.78 is 5.19. The Hall–Kier alpha value is -1.38. The van der Waals surface area contributed by atoms with Crippen LogP contribution in [0.1, 0.15) is 40.0 Å². The molecule has 1 unspecified atom stereocenters. The van der Waals surface area contributed by atoms with Gasteiger partial charge < -0.3 is 9.53 Å². The first-order chi connectivity index (χ1) is 7.43. The van der Waals surface area contributed by atoms with Crippen LogP contribution < -0.4 is 0 Å². The van der Waals surface area contributed by atoms with E-state index in [-0.39, 0.29) is 6.42 Å². The quantitative estimate of drug-likeness (QED) is 0.289. The van der Waals surface area contributed by atoms with Crippen LogP contribution >= 0.6 is 0 Å².